The van der Waals surface area contributed by atoms with Gasteiger partial charge in [-0.15, -0.1) is 11.8 Å². The summed E-state index contributed by atoms with van der Waals surface area (Å²) in [6, 6.07) is 0. The summed E-state index contributed by atoms with van der Waals surface area (Å²) in [5.41, 5.74) is 5.08. The largest absolute Gasteiger partial charge is 0.388 e. The van der Waals surface area contributed by atoms with Crippen LogP contribution in [0.3, 0.4) is 0 Å². The molecule has 1 aromatic heterocycles. The van der Waals surface area contributed by atoms with Crippen molar-refractivity contribution in [3.8, 4) is 0 Å². The molecule has 2 heterocycles. The van der Waals surface area contributed by atoms with E-state index in [0.29, 0.717) is 38.4 Å². The Kier molecular flexibility index (Phi) is 4.13. The first-order valence-corrected chi connectivity index (χ1v) is 7.47. The molecule has 2 rings (SSSR count). The predicted molar refractivity (Wildman–Crippen MR) is 71.8 cm³/mol. The highest BCUT2D eigenvalue weighted by Crippen LogP contribution is 2.35. The van der Waals surface area contributed by atoms with Gasteiger partial charge in [-0.3, -0.25) is 0 Å². The summed E-state index contributed by atoms with van der Waals surface area (Å²) < 4.78 is 9.35. The summed E-state index contributed by atoms with van der Waals surface area (Å²) >= 11 is 2.91. The van der Waals surface area contributed by atoms with Crippen LogP contribution in [0.4, 0.5) is 10.8 Å². The molecule has 7 heteroatoms. The lowest BCUT2D eigenvalue weighted by molar-refractivity contribution is -0.0543. The van der Waals surface area contributed by atoms with Crippen LogP contribution in [0.1, 0.15) is 12.8 Å². The molecule has 4 N–H and O–H groups in total. The van der Waals surface area contributed by atoms with Crippen molar-refractivity contribution in [3.63, 3.8) is 0 Å². The molecule has 1 aliphatic rings. The fourth-order valence-electron chi connectivity index (χ4n) is 1.78. The monoisotopic (exact) mass is 275 g/mol. The Labute approximate surface area is 109 Å². The van der Waals surface area contributed by atoms with Gasteiger partial charge in [-0.2, -0.15) is 4.37 Å². The van der Waals surface area contributed by atoms with Crippen LogP contribution >= 0.6 is 23.3 Å². The van der Waals surface area contributed by atoms with Crippen molar-refractivity contribution in [2.45, 2.75) is 23.3 Å². The molecule has 0 atom stereocenters. The van der Waals surface area contributed by atoms with Crippen LogP contribution in [0.25, 0.3) is 0 Å². The fraction of sp³-hybridized carbons (Fsp3) is 0.700. The van der Waals surface area contributed by atoms with Crippen molar-refractivity contribution in [1.29, 1.82) is 0 Å². The van der Waals surface area contributed by atoms with Crippen molar-refractivity contribution >= 4 is 34.1 Å². The Morgan fingerprint density at radius 3 is 2.94 bits per heavy atom. The van der Waals surface area contributed by atoms with Gasteiger partial charge in [-0.25, -0.2) is 0 Å². The maximum absolute atomic E-state index is 10.3. The molecular weight excluding hydrogens is 258 g/mol. The van der Waals surface area contributed by atoms with E-state index in [0.717, 1.165) is 9.90 Å². The van der Waals surface area contributed by atoms with Crippen molar-refractivity contribution in [1.82, 2.24) is 4.37 Å². The topological polar surface area (TPSA) is 80.4 Å². The summed E-state index contributed by atoms with van der Waals surface area (Å²) in [5, 5.41) is 14.5. The van der Waals surface area contributed by atoms with Crippen molar-refractivity contribution in [2.75, 3.05) is 37.1 Å². The number of nitrogens with two attached hydrogens (primary N) is 1. The SMILES string of the molecule is CSc1c(N)nsc1NCC1(O)CCOCC1. The molecule has 0 amide bonds. The molecule has 0 aliphatic carbocycles. The number of ether oxygens (including phenoxy) is 1. The lowest BCUT2D eigenvalue weighted by atomic mass is 9.94. The van der Waals surface area contributed by atoms with Gasteiger partial charge in [-0.05, 0) is 17.8 Å². The highest BCUT2D eigenvalue weighted by Gasteiger charge is 2.30. The zero-order valence-electron chi connectivity index (χ0n) is 9.73. The van der Waals surface area contributed by atoms with Gasteiger partial charge in [0.1, 0.15) is 5.00 Å². The smallest absolute Gasteiger partial charge is 0.153 e. The highest BCUT2D eigenvalue weighted by molar-refractivity contribution is 7.99. The van der Waals surface area contributed by atoms with E-state index in [-0.39, 0.29) is 0 Å². The van der Waals surface area contributed by atoms with Crippen LogP contribution in [-0.2, 0) is 4.74 Å². The highest BCUT2D eigenvalue weighted by atomic mass is 32.2. The van der Waals surface area contributed by atoms with E-state index < -0.39 is 5.60 Å². The maximum Gasteiger partial charge on any atom is 0.153 e. The number of nitrogens with one attached hydrogen (secondary N) is 1. The zero-order chi connectivity index (χ0) is 12.3. The lowest BCUT2D eigenvalue weighted by Gasteiger charge is -2.32. The van der Waals surface area contributed by atoms with E-state index >= 15 is 0 Å². The normalized spacial score (nSPS) is 19.2. The molecule has 0 spiro atoms. The second-order valence-electron chi connectivity index (χ2n) is 4.12. The van der Waals surface area contributed by atoms with Gasteiger partial charge >= 0.3 is 0 Å². The van der Waals surface area contributed by atoms with Crippen molar-refractivity contribution in [2.24, 2.45) is 0 Å². The summed E-state index contributed by atoms with van der Waals surface area (Å²) in [7, 11) is 0. The first kappa shape index (κ1) is 12.9. The number of thioether (sulfide) groups is 1. The summed E-state index contributed by atoms with van der Waals surface area (Å²) in [4.78, 5) is 0.964. The fourth-order valence-corrected chi connectivity index (χ4v) is 3.31. The number of aliphatic hydroxyl groups is 1. The number of rotatable bonds is 4. The number of hydrogen-bond acceptors (Lipinski definition) is 7. The van der Waals surface area contributed by atoms with E-state index in [4.69, 9.17) is 10.5 Å². The van der Waals surface area contributed by atoms with Crippen LogP contribution in [0.5, 0.6) is 0 Å². The van der Waals surface area contributed by atoms with Gasteiger partial charge in [0.15, 0.2) is 5.82 Å². The standard InChI is InChI=1S/C10H17N3O2S2/c1-16-7-8(11)13-17-9(7)12-6-10(14)2-4-15-5-3-10/h12,14H,2-6H2,1H3,(H2,11,13). The molecule has 17 heavy (non-hydrogen) atoms. The Bertz CT molecular complexity index is 378. The van der Waals surface area contributed by atoms with Crippen molar-refractivity contribution < 1.29 is 9.84 Å². The lowest BCUT2D eigenvalue weighted by Crippen LogP contribution is -2.42. The minimum atomic E-state index is -0.674. The molecule has 0 saturated carbocycles. The molecule has 0 unspecified atom stereocenters. The molecule has 1 aliphatic heterocycles. The third kappa shape index (κ3) is 3.04. The first-order valence-electron chi connectivity index (χ1n) is 5.48. The molecule has 0 radical (unpaired) electrons. The second kappa shape index (κ2) is 5.43. The number of aromatic nitrogens is 1. The van der Waals surface area contributed by atoms with Gasteiger partial charge < -0.3 is 20.9 Å². The molecule has 0 aromatic carbocycles. The first-order chi connectivity index (χ1) is 8.14. The molecule has 1 saturated heterocycles. The van der Waals surface area contributed by atoms with Gasteiger partial charge in [0.05, 0.1) is 10.5 Å². The zero-order valence-corrected chi connectivity index (χ0v) is 11.4. The maximum atomic E-state index is 10.3. The summed E-state index contributed by atoms with van der Waals surface area (Å²) in [6.45, 7) is 1.77. The van der Waals surface area contributed by atoms with E-state index in [1.54, 1.807) is 11.8 Å². The molecular formula is C10H17N3O2S2. The minimum absolute atomic E-state index is 0.519. The predicted octanol–water partition coefficient (Wildman–Crippen LogP) is 1.40. The number of nitrogen functional groups attached to an aromatic ring is 1. The van der Waals surface area contributed by atoms with E-state index in [9.17, 15) is 5.11 Å². The molecule has 5 nitrogen and oxygen atoms in total. The van der Waals surface area contributed by atoms with E-state index in [2.05, 4.69) is 9.69 Å². The molecule has 0 bridgehead atoms. The van der Waals surface area contributed by atoms with Crippen LogP contribution in [-0.4, -0.2) is 41.1 Å². The molecule has 1 fully saturated rings. The number of anilines is 2. The van der Waals surface area contributed by atoms with Gasteiger partial charge in [0.2, 0.25) is 0 Å². The van der Waals surface area contributed by atoms with E-state index in [1.165, 1.54) is 11.5 Å². The van der Waals surface area contributed by atoms with Crippen LogP contribution in [0, 0.1) is 0 Å². The van der Waals surface area contributed by atoms with Crippen LogP contribution in [0.15, 0.2) is 4.90 Å². The van der Waals surface area contributed by atoms with E-state index in [1.807, 2.05) is 6.26 Å². The number of hydrogen-bond donors (Lipinski definition) is 3. The molecule has 1 aromatic rings. The van der Waals surface area contributed by atoms with Crippen molar-refractivity contribution in [3.05, 3.63) is 0 Å². The third-order valence-electron chi connectivity index (χ3n) is 2.88. The van der Waals surface area contributed by atoms with Gasteiger partial charge in [-0.1, -0.05) is 0 Å². The van der Waals surface area contributed by atoms with Gasteiger partial charge in [0, 0.05) is 32.6 Å². The summed E-state index contributed by atoms with van der Waals surface area (Å²) in [5.74, 6) is 0.559. The number of nitrogens with zero attached hydrogens (tertiary/aromatic N) is 1. The quantitative estimate of drug-likeness (QED) is 0.721. The van der Waals surface area contributed by atoms with Gasteiger partial charge in [0.25, 0.3) is 0 Å². The summed E-state index contributed by atoms with van der Waals surface area (Å²) in [6.07, 6.45) is 3.31. The second-order valence-corrected chi connectivity index (χ2v) is 5.71. The van der Waals surface area contributed by atoms with Crippen LogP contribution in [0.2, 0.25) is 0 Å². The Balaban J connectivity index is 1.96. The minimum Gasteiger partial charge on any atom is -0.388 e. The Hall–Kier alpha value is -0.500. The van der Waals surface area contributed by atoms with Crippen LogP contribution < -0.4 is 11.1 Å². The Morgan fingerprint density at radius 1 is 1.59 bits per heavy atom. The Morgan fingerprint density at radius 2 is 2.29 bits per heavy atom. The third-order valence-corrected chi connectivity index (χ3v) is 4.65. The average molecular weight is 275 g/mol. The molecule has 96 valence electrons. The average Bonchev–Trinajstić information content (AvgIpc) is 2.68.